The molecule has 0 unspecified atom stereocenters. The Kier molecular flexibility index (Phi) is 4.85. The van der Waals surface area contributed by atoms with Crippen LogP contribution in [0.15, 0.2) is 77.8 Å². The summed E-state index contributed by atoms with van der Waals surface area (Å²) in [6.45, 7) is 0. The monoisotopic (exact) mass is 332 g/mol. The van der Waals surface area contributed by atoms with Gasteiger partial charge in [0.15, 0.2) is 0 Å². The third-order valence-corrected chi connectivity index (χ3v) is 3.76. The van der Waals surface area contributed by atoms with Crippen molar-refractivity contribution in [1.29, 1.82) is 0 Å². The predicted octanol–water partition coefficient (Wildman–Crippen LogP) is 5.02. The molecule has 0 atom stereocenters. The van der Waals surface area contributed by atoms with Crippen LogP contribution >= 0.6 is 0 Å². The van der Waals surface area contributed by atoms with Crippen molar-refractivity contribution >= 4 is 17.6 Å². The maximum Gasteiger partial charge on any atom is 0.269 e. The SMILES string of the molecule is COc1ccccc1-c1ccccc1N=Cc1ccc([N+](=O)[O-])cc1. The molecule has 124 valence electrons. The van der Waals surface area contributed by atoms with Crippen LogP contribution in [0, 0.1) is 10.1 Å². The Morgan fingerprint density at radius 1 is 0.920 bits per heavy atom. The molecule has 0 radical (unpaired) electrons. The van der Waals surface area contributed by atoms with E-state index in [0.29, 0.717) is 0 Å². The number of hydrogen-bond donors (Lipinski definition) is 0. The van der Waals surface area contributed by atoms with Gasteiger partial charge in [-0.1, -0.05) is 36.4 Å². The number of ether oxygens (including phenoxy) is 1. The first-order valence-corrected chi connectivity index (χ1v) is 7.70. The van der Waals surface area contributed by atoms with E-state index in [1.54, 1.807) is 25.5 Å². The Bertz CT molecular complexity index is 918. The minimum Gasteiger partial charge on any atom is -0.496 e. The van der Waals surface area contributed by atoms with Gasteiger partial charge in [0.1, 0.15) is 5.75 Å². The second-order valence-electron chi connectivity index (χ2n) is 5.32. The van der Waals surface area contributed by atoms with E-state index in [-0.39, 0.29) is 5.69 Å². The zero-order valence-electron chi connectivity index (χ0n) is 13.6. The van der Waals surface area contributed by atoms with Crippen molar-refractivity contribution in [3.05, 3.63) is 88.5 Å². The predicted molar refractivity (Wildman–Crippen MR) is 98.8 cm³/mol. The molecule has 0 fully saturated rings. The molecule has 0 spiro atoms. The number of hydrogen-bond acceptors (Lipinski definition) is 4. The molecule has 0 aliphatic heterocycles. The van der Waals surface area contributed by atoms with Crippen molar-refractivity contribution in [2.45, 2.75) is 0 Å². The summed E-state index contributed by atoms with van der Waals surface area (Å²) < 4.78 is 5.44. The lowest BCUT2D eigenvalue weighted by Gasteiger charge is -2.10. The maximum absolute atomic E-state index is 10.7. The van der Waals surface area contributed by atoms with E-state index in [4.69, 9.17) is 4.74 Å². The van der Waals surface area contributed by atoms with E-state index < -0.39 is 4.92 Å². The van der Waals surface area contributed by atoms with Crippen LogP contribution in [-0.4, -0.2) is 18.2 Å². The van der Waals surface area contributed by atoms with Gasteiger partial charge >= 0.3 is 0 Å². The molecule has 0 heterocycles. The first kappa shape index (κ1) is 16.4. The number of nitro groups is 1. The van der Waals surface area contributed by atoms with Crippen LogP contribution in [0.5, 0.6) is 5.75 Å². The highest BCUT2D eigenvalue weighted by atomic mass is 16.6. The van der Waals surface area contributed by atoms with Crippen LogP contribution in [0.4, 0.5) is 11.4 Å². The quantitative estimate of drug-likeness (QED) is 0.374. The fraction of sp³-hybridized carbons (Fsp3) is 0.0500. The molecule has 0 N–H and O–H groups in total. The molecule has 0 bridgehead atoms. The average Bonchev–Trinajstić information content (AvgIpc) is 2.67. The Morgan fingerprint density at radius 3 is 2.24 bits per heavy atom. The number of nitrogens with zero attached hydrogens (tertiary/aromatic N) is 2. The van der Waals surface area contributed by atoms with Gasteiger partial charge < -0.3 is 4.74 Å². The summed E-state index contributed by atoms with van der Waals surface area (Å²) in [5.41, 5.74) is 3.57. The Hall–Kier alpha value is -3.47. The van der Waals surface area contributed by atoms with Gasteiger partial charge in [0.25, 0.3) is 5.69 Å². The summed E-state index contributed by atoms with van der Waals surface area (Å²) in [5, 5.41) is 10.7. The van der Waals surface area contributed by atoms with Crippen LogP contribution in [0.1, 0.15) is 5.56 Å². The molecule has 25 heavy (non-hydrogen) atoms. The van der Waals surface area contributed by atoms with Crippen LogP contribution in [0.2, 0.25) is 0 Å². The zero-order chi connectivity index (χ0) is 17.6. The van der Waals surface area contributed by atoms with Crippen molar-refractivity contribution in [3.8, 4) is 16.9 Å². The fourth-order valence-corrected chi connectivity index (χ4v) is 2.51. The lowest BCUT2D eigenvalue weighted by Crippen LogP contribution is -1.89. The second-order valence-corrected chi connectivity index (χ2v) is 5.32. The van der Waals surface area contributed by atoms with Crippen molar-refractivity contribution in [3.63, 3.8) is 0 Å². The standard InChI is InChI=1S/C20H16N2O3/c1-25-20-9-5-3-7-18(20)17-6-2-4-8-19(17)21-14-15-10-12-16(13-11-15)22(23)24/h2-14H,1H3. The first-order chi connectivity index (χ1) is 12.2. The van der Waals surface area contributed by atoms with Gasteiger partial charge in [-0.2, -0.15) is 0 Å². The van der Waals surface area contributed by atoms with Crippen molar-refractivity contribution < 1.29 is 9.66 Å². The largest absolute Gasteiger partial charge is 0.496 e. The molecule has 3 aromatic rings. The normalized spacial score (nSPS) is 10.8. The number of aliphatic imine (C=N–C) groups is 1. The van der Waals surface area contributed by atoms with E-state index in [0.717, 1.165) is 28.1 Å². The number of para-hydroxylation sites is 2. The molecule has 3 aromatic carbocycles. The van der Waals surface area contributed by atoms with E-state index in [1.807, 2.05) is 48.5 Å². The molecule has 0 saturated carbocycles. The minimum atomic E-state index is -0.419. The maximum atomic E-state index is 10.7. The van der Waals surface area contributed by atoms with E-state index in [1.165, 1.54) is 12.1 Å². The van der Waals surface area contributed by atoms with Gasteiger partial charge in [-0.25, -0.2) is 0 Å². The van der Waals surface area contributed by atoms with Crippen LogP contribution in [0.25, 0.3) is 11.1 Å². The smallest absolute Gasteiger partial charge is 0.269 e. The Morgan fingerprint density at radius 2 is 1.56 bits per heavy atom. The molecule has 0 aliphatic carbocycles. The summed E-state index contributed by atoms with van der Waals surface area (Å²) >= 11 is 0. The van der Waals surface area contributed by atoms with E-state index in [9.17, 15) is 10.1 Å². The average molecular weight is 332 g/mol. The van der Waals surface area contributed by atoms with Gasteiger partial charge in [0.2, 0.25) is 0 Å². The van der Waals surface area contributed by atoms with Gasteiger partial charge in [0, 0.05) is 29.5 Å². The van der Waals surface area contributed by atoms with Crippen molar-refractivity contribution in [2.75, 3.05) is 7.11 Å². The lowest BCUT2D eigenvalue weighted by atomic mass is 10.0. The van der Waals surface area contributed by atoms with Gasteiger partial charge in [0.05, 0.1) is 17.7 Å². The van der Waals surface area contributed by atoms with Crippen molar-refractivity contribution in [2.24, 2.45) is 4.99 Å². The lowest BCUT2D eigenvalue weighted by molar-refractivity contribution is -0.384. The van der Waals surface area contributed by atoms with E-state index >= 15 is 0 Å². The van der Waals surface area contributed by atoms with Crippen molar-refractivity contribution in [1.82, 2.24) is 0 Å². The summed E-state index contributed by atoms with van der Waals surface area (Å²) in [6.07, 6.45) is 1.69. The molecule has 5 nitrogen and oxygen atoms in total. The molecule has 0 aromatic heterocycles. The molecule has 3 rings (SSSR count). The topological polar surface area (TPSA) is 64.7 Å². The second kappa shape index (κ2) is 7.40. The third kappa shape index (κ3) is 3.72. The number of methoxy groups -OCH3 is 1. The summed E-state index contributed by atoms with van der Waals surface area (Å²) in [4.78, 5) is 14.8. The van der Waals surface area contributed by atoms with Crippen LogP contribution in [0.3, 0.4) is 0 Å². The highest BCUT2D eigenvalue weighted by molar-refractivity contribution is 5.87. The summed E-state index contributed by atoms with van der Waals surface area (Å²) in [6, 6.07) is 21.8. The van der Waals surface area contributed by atoms with Gasteiger partial charge in [-0.05, 0) is 29.8 Å². The number of rotatable bonds is 5. The van der Waals surface area contributed by atoms with Gasteiger partial charge in [-0.3, -0.25) is 15.1 Å². The summed E-state index contributed by atoms with van der Waals surface area (Å²) in [5.74, 6) is 0.778. The van der Waals surface area contributed by atoms with E-state index in [2.05, 4.69) is 4.99 Å². The first-order valence-electron chi connectivity index (χ1n) is 7.70. The fourth-order valence-electron chi connectivity index (χ4n) is 2.51. The highest BCUT2D eigenvalue weighted by Gasteiger charge is 2.08. The van der Waals surface area contributed by atoms with Crippen LogP contribution < -0.4 is 4.74 Å². The Balaban J connectivity index is 1.95. The third-order valence-electron chi connectivity index (χ3n) is 3.76. The highest BCUT2D eigenvalue weighted by Crippen LogP contribution is 2.36. The number of nitro benzene ring substituents is 1. The zero-order valence-corrected chi connectivity index (χ0v) is 13.6. The minimum absolute atomic E-state index is 0.0616. The molecule has 0 saturated heterocycles. The molecule has 0 amide bonds. The molecular weight excluding hydrogens is 316 g/mol. The number of benzene rings is 3. The molecule has 5 heteroatoms. The van der Waals surface area contributed by atoms with Gasteiger partial charge in [-0.15, -0.1) is 0 Å². The molecular formula is C20H16N2O3. The van der Waals surface area contributed by atoms with Crippen LogP contribution in [-0.2, 0) is 0 Å². The summed E-state index contributed by atoms with van der Waals surface area (Å²) in [7, 11) is 1.64. The Labute approximate surface area is 145 Å². The number of non-ortho nitro benzene ring substituents is 1. The molecule has 0 aliphatic rings.